The molecule has 2 rings (SSSR count). The molecule has 0 saturated heterocycles. The molecule has 0 atom stereocenters. The minimum Gasteiger partial charge on any atom is -0.496 e. The van der Waals surface area contributed by atoms with Crippen LogP contribution in [0.2, 0.25) is 0 Å². The molecular formula is C12H16N2O. The van der Waals surface area contributed by atoms with Crippen molar-refractivity contribution < 1.29 is 4.74 Å². The van der Waals surface area contributed by atoms with Gasteiger partial charge in [0.05, 0.1) is 19.5 Å². The van der Waals surface area contributed by atoms with E-state index >= 15 is 0 Å². The highest BCUT2D eigenvalue weighted by Crippen LogP contribution is 2.29. The summed E-state index contributed by atoms with van der Waals surface area (Å²) in [5.41, 5.74) is 6.91. The van der Waals surface area contributed by atoms with Gasteiger partial charge in [-0.05, 0) is 18.9 Å². The van der Waals surface area contributed by atoms with Gasteiger partial charge in [0.15, 0.2) is 0 Å². The number of amidine groups is 1. The van der Waals surface area contributed by atoms with Gasteiger partial charge < -0.3 is 10.5 Å². The highest BCUT2D eigenvalue weighted by molar-refractivity contribution is 5.84. The second-order valence-electron chi connectivity index (χ2n) is 3.83. The molecule has 1 saturated carbocycles. The maximum absolute atomic E-state index is 5.83. The minimum absolute atomic E-state index is 0.541. The molecule has 0 unspecified atom stereocenters. The Kier molecular flexibility index (Phi) is 2.90. The first kappa shape index (κ1) is 10.0. The predicted octanol–water partition coefficient (Wildman–Crippen LogP) is 1.96. The second kappa shape index (κ2) is 4.34. The Balaban J connectivity index is 2.06. The molecule has 0 spiro atoms. The number of nitrogens with zero attached hydrogens (tertiary/aromatic N) is 1. The second-order valence-corrected chi connectivity index (χ2v) is 3.83. The average molecular weight is 204 g/mol. The molecule has 15 heavy (non-hydrogen) atoms. The van der Waals surface area contributed by atoms with Crippen LogP contribution >= 0.6 is 0 Å². The smallest absolute Gasteiger partial charge is 0.123 e. The fourth-order valence-electron chi connectivity index (χ4n) is 1.52. The lowest BCUT2D eigenvalue weighted by atomic mass is 10.2. The summed E-state index contributed by atoms with van der Waals surface area (Å²) in [6.07, 6.45) is 2.39. The highest BCUT2D eigenvalue weighted by Gasteiger charge is 2.25. The molecule has 1 aliphatic rings. The maximum atomic E-state index is 5.83. The van der Waals surface area contributed by atoms with Gasteiger partial charge in [-0.2, -0.15) is 0 Å². The quantitative estimate of drug-likeness (QED) is 0.602. The Bertz CT molecular complexity index is 370. The lowest BCUT2D eigenvalue weighted by Gasteiger charge is -2.05. The van der Waals surface area contributed by atoms with Crippen LogP contribution in [0.5, 0.6) is 5.75 Å². The normalized spacial score (nSPS) is 16.5. The number of methoxy groups -OCH3 is 1. The molecule has 80 valence electrons. The monoisotopic (exact) mass is 204 g/mol. The van der Waals surface area contributed by atoms with Crippen molar-refractivity contribution in [3.63, 3.8) is 0 Å². The molecule has 0 aliphatic heterocycles. The topological polar surface area (TPSA) is 47.6 Å². The molecule has 0 heterocycles. The SMILES string of the molecule is COc1ccccc1CN=C(N)C1CC1. The molecule has 3 nitrogen and oxygen atoms in total. The zero-order chi connectivity index (χ0) is 10.7. The largest absolute Gasteiger partial charge is 0.496 e. The summed E-state index contributed by atoms with van der Waals surface area (Å²) in [4.78, 5) is 4.38. The standard InChI is InChI=1S/C12H16N2O/c1-15-11-5-3-2-4-10(11)8-14-12(13)9-6-7-9/h2-5,9H,6-8H2,1H3,(H2,13,14). The van der Waals surface area contributed by atoms with Crippen LogP contribution in [0.3, 0.4) is 0 Å². The van der Waals surface area contributed by atoms with Crippen LogP contribution in [0, 0.1) is 5.92 Å². The Hall–Kier alpha value is -1.51. The fraction of sp³-hybridized carbons (Fsp3) is 0.417. The summed E-state index contributed by atoms with van der Waals surface area (Å²) in [6, 6.07) is 7.90. The number of rotatable bonds is 4. The molecule has 1 fully saturated rings. The van der Waals surface area contributed by atoms with Crippen molar-refractivity contribution in [1.82, 2.24) is 0 Å². The van der Waals surface area contributed by atoms with E-state index < -0.39 is 0 Å². The van der Waals surface area contributed by atoms with E-state index in [-0.39, 0.29) is 0 Å². The van der Waals surface area contributed by atoms with Crippen molar-refractivity contribution in [2.45, 2.75) is 19.4 Å². The number of ether oxygens (including phenoxy) is 1. The number of aliphatic imine (C=N–C) groups is 1. The van der Waals surface area contributed by atoms with E-state index in [9.17, 15) is 0 Å². The fourth-order valence-corrected chi connectivity index (χ4v) is 1.52. The summed E-state index contributed by atoms with van der Waals surface area (Å²) >= 11 is 0. The zero-order valence-corrected chi connectivity index (χ0v) is 8.94. The van der Waals surface area contributed by atoms with Gasteiger partial charge in [-0.25, -0.2) is 0 Å². The third-order valence-corrected chi connectivity index (χ3v) is 2.62. The van der Waals surface area contributed by atoms with Crippen LogP contribution < -0.4 is 10.5 Å². The van der Waals surface area contributed by atoms with Crippen LogP contribution in [-0.4, -0.2) is 12.9 Å². The van der Waals surface area contributed by atoms with Crippen LogP contribution in [0.1, 0.15) is 18.4 Å². The Morgan fingerprint density at radius 1 is 1.47 bits per heavy atom. The number of benzene rings is 1. The summed E-state index contributed by atoms with van der Waals surface area (Å²) in [6.45, 7) is 0.617. The molecule has 1 aromatic rings. The first-order chi connectivity index (χ1) is 7.31. The van der Waals surface area contributed by atoms with E-state index in [2.05, 4.69) is 4.99 Å². The van der Waals surface area contributed by atoms with Crippen LogP contribution in [0.15, 0.2) is 29.3 Å². The molecule has 0 radical (unpaired) electrons. The van der Waals surface area contributed by atoms with Gasteiger partial charge in [0, 0.05) is 11.5 Å². The molecule has 1 aromatic carbocycles. The molecule has 0 bridgehead atoms. The van der Waals surface area contributed by atoms with Crippen molar-refractivity contribution in [3.8, 4) is 5.75 Å². The van der Waals surface area contributed by atoms with Gasteiger partial charge >= 0.3 is 0 Å². The van der Waals surface area contributed by atoms with Crippen LogP contribution in [-0.2, 0) is 6.54 Å². The van der Waals surface area contributed by atoms with Gasteiger partial charge in [-0.3, -0.25) is 4.99 Å². The Morgan fingerprint density at radius 2 is 2.20 bits per heavy atom. The molecule has 1 aliphatic carbocycles. The lowest BCUT2D eigenvalue weighted by Crippen LogP contribution is -2.14. The number of hydrogen-bond acceptors (Lipinski definition) is 2. The van der Waals surface area contributed by atoms with Crippen molar-refractivity contribution in [2.24, 2.45) is 16.6 Å². The highest BCUT2D eigenvalue weighted by atomic mass is 16.5. The molecule has 2 N–H and O–H groups in total. The summed E-state index contributed by atoms with van der Waals surface area (Å²) in [5.74, 6) is 2.21. The van der Waals surface area contributed by atoms with E-state index in [4.69, 9.17) is 10.5 Å². The predicted molar refractivity (Wildman–Crippen MR) is 61.0 cm³/mol. The summed E-state index contributed by atoms with van der Waals surface area (Å²) < 4.78 is 5.24. The van der Waals surface area contributed by atoms with E-state index in [1.807, 2.05) is 24.3 Å². The van der Waals surface area contributed by atoms with Crippen LogP contribution in [0.25, 0.3) is 0 Å². The number of para-hydroxylation sites is 1. The van der Waals surface area contributed by atoms with E-state index in [0.717, 1.165) is 17.1 Å². The van der Waals surface area contributed by atoms with Gasteiger partial charge in [0.1, 0.15) is 5.75 Å². The summed E-state index contributed by atoms with van der Waals surface area (Å²) in [7, 11) is 1.67. The summed E-state index contributed by atoms with van der Waals surface area (Å²) in [5, 5.41) is 0. The number of hydrogen-bond donors (Lipinski definition) is 1. The van der Waals surface area contributed by atoms with Crippen molar-refractivity contribution >= 4 is 5.84 Å². The third-order valence-electron chi connectivity index (χ3n) is 2.62. The first-order valence-electron chi connectivity index (χ1n) is 5.23. The van der Waals surface area contributed by atoms with E-state index in [0.29, 0.717) is 12.5 Å². The zero-order valence-electron chi connectivity index (χ0n) is 8.94. The first-order valence-corrected chi connectivity index (χ1v) is 5.23. The maximum Gasteiger partial charge on any atom is 0.123 e. The minimum atomic E-state index is 0.541. The Morgan fingerprint density at radius 3 is 2.87 bits per heavy atom. The van der Waals surface area contributed by atoms with Crippen molar-refractivity contribution in [1.29, 1.82) is 0 Å². The van der Waals surface area contributed by atoms with Crippen LogP contribution in [0.4, 0.5) is 0 Å². The van der Waals surface area contributed by atoms with Crippen molar-refractivity contribution in [2.75, 3.05) is 7.11 Å². The Labute approximate surface area is 90.0 Å². The lowest BCUT2D eigenvalue weighted by molar-refractivity contribution is 0.410. The van der Waals surface area contributed by atoms with Gasteiger partial charge in [-0.15, -0.1) is 0 Å². The third kappa shape index (κ3) is 2.49. The van der Waals surface area contributed by atoms with Gasteiger partial charge in [-0.1, -0.05) is 18.2 Å². The van der Waals surface area contributed by atoms with Crippen molar-refractivity contribution in [3.05, 3.63) is 29.8 Å². The number of nitrogens with two attached hydrogens (primary N) is 1. The van der Waals surface area contributed by atoms with E-state index in [1.165, 1.54) is 12.8 Å². The molecule has 0 aromatic heterocycles. The molecule has 0 amide bonds. The average Bonchev–Trinajstić information content (AvgIpc) is 3.10. The molecular weight excluding hydrogens is 188 g/mol. The van der Waals surface area contributed by atoms with Gasteiger partial charge in [0.2, 0.25) is 0 Å². The molecule has 3 heteroatoms. The van der Waals surface area contributed by atoms with E-state index in [1.54, 1.807) is 7.11 Å². The van der Waals surface area contributed by atoms with Gasteiger partial charge in [0.25, 0.3) is 0 Å².